The summed E-state index contributed by atoms with van der Waals surface area (Å²) in [5.41, 5.74) is 6.89. The molecule has 2 aromatic carbocycles. The van der Waals surface area contributed by atoms with Crippen molar-refractivity contribution in [3.63, 3.8) is 0 Å². The van der Waals surface area contributed by atoms with Crippen LogP contribution >= 0.6 is 0 Å². The molecule has 4 rings (SSSR count). The molecule has 0 saturated carbocycles. The van der Waals surface area contributed by atoms with Crippen molar-refractivity contribution in [3.8, 4) is 5.75 Å². The van der Waals surface area contributed by atoms with E-state index >= 15 is 0 Å². The van der Waals surface area contributed by atoms with E-state index in [1.54, 1.807) is 18.7 Å². The highest BCUT2D eigenvalue weighted by molar-refractivity contribution is 5.84. The monoisotopic (exact) mass is 652 g/mol. The van der Waals surface area contributed by atoms with Crippen molar-refractivity contribution in [1.29, 1.82) is 0 Å². The summed E-state index contributed by atoms with van der Waals surface area (Å²) in [6.07, 6.45) is -7.78. The van der Waals surface area contributed by atoms with E-state index in [4.69, 9.17) is 29.4 Å². The summed E-state index contributed by atoms with van der Waals surface area (Å²) >= 11 is 0. The van der Waals surface area contributed by atoms with E-state index in [-0.39, 0.29) is 26.3 Å². The molecule has 0 aromatic heterocycles. The number of nitrogens with zero attached hydrogens (tertiary/aromatic N) is 1. The average Bonchev–Trinajstić information content (AvgIpc) is 3.04. The van der Waals surface area contributed by atoms with Crippen molar-refractivity contribution in [3.05, 3.63) is 42.0 Å². The molecule has 2 saturated heterocycles. The van der Waals surface area contributed by atoms with Gasteiger partial charge in [0.05, 0.1) is 32.0 Å². The highest BCUT2D eigenvalue weighted by Crippen LogP contribution is 2.24. The van der Waals surface area contributed by atoms with Crippen LogP contribution in [0.25, 0.3) is 10.8 Å². The van der Waals surface area contributed by atoms with Crippen LogP contribution in [0.5, 0.6) is 5.75 Å². The minimum absolute atomic E-state index is 0.0435. The zero-order valence-corrected chi connectivity index (χ0v) is 26.8. The molecule has 0 amide bonds. The van der Waals surface area contributed by atoms with Crippen molar-refractivity contribution >= 4 is 10.8 Å². The molecule has 0 aliphatic carbocycles. The topological polar surface area (TPSA) is 197 Å². The van der Waals surface area contributed by atoms with Crippen LogP contribution in [-0.2, 0) is 25.4 Å². The minimum atomic E-state index is -1.44. The maximum atomic E-state index is 11.0. The van der Waals surface area contributed by atoms with E-state index in [0.29, 0.717) is 31.9 Å². The van der Waals surface area contributed by atoms with Gasteiger partial charge < -0.3 is 60.1 Å². The predicted molar refractivity (Wildman–Crippen MR) is 169 cm³/mol. The van der Waals surface area contributed by atoms with Gasteiger partial charge in [-0.3, -0.25) is 4.90 Å². The van der Waals surface area contributed by atoms with Crippen LogP contribution < -0.4 is 10.5 Å². The summed E-state index contributed by atoms with van der Waals surface area (Å²) in [5, 5.41) is 66.3. The van der Waals surface area contributed by atoms with E-state index in [2.05, 4.69) is 18.2 Å². The maximum Gasteiger partial charge on any atom is 0.155 e. The third-order valence-electron chi connectivity index (χ3n) is 8.49. The lowest BCUT2D eigenvalue weighted by atomic mass is 10.00. The number of aliphatic hydroxyl groups excluding tert-OH is 6. The van der Waals surface area contributed by atoms with Gasteiger partial charge in [-0.1, -0.05) is 24.3 Å². The predicted octanol–water partition coefficient (Wildman–Crippen LogP) is -0.120. The van der Waals surface area contributed by atoms with Crippen LogP contribution in [0.3, 0.4) is 0 Å². The molecule has 8 N–H and O–H groups in total. The summed E-state index contributed by atoms with van der Waals surface area (Å²) in [6.45, 7) is 4.31. The molecule has 2 aliphatic heterocycles. The molecule has 13 heteroatoms. The molecule has 2 aromatic rings. The molecule has 13 nitrogen and oxygen atoms in total. The normalized spacial score (nSPS) is 28.2. The lowest BCUT2D eigenvalue weighted by Gasteiger charge is -2.39. The Morgan fingerprint density at radius 2 is 1.37 bits per heavy atom. The number of fused-ring (bicyclic) bond motifs is 1. The van der Waals surface area contributed by atoms with Crippen LogP contribution in [0.15, 0.2) is 36.4 Å². The Kier molecular flexibility index (Phi) is 14.4. The molecule has 0 radical (unpaired) electrons. The first-order valence-corrected chi connectivity index (χ1v) is 16.3. The summed E-state index contributed by atoms with van der Waals surface area (Å²) in [7, 11) is 0. The van der Waals surface area contributed by atoms with Gasteiger partial charge in [-0.25, -0.2) is 0 Å². The Labute approximate surface area is 270 Å². The first-order chi connectivity index (χ1) is 22.0. The number of hydrogen-bond donors (Lipinski definition) is 7. The van der Waals surface area contributed by atoms with Crippen molar-refractivity contribution in [2.24, 2.45) is 5.73 Å². The van der Waals surface area contributed by atoms with Gasteiger partial charge in [0.15, 0.2) is 12.6 Å². The van der Waals surface area contributed by atoms with Gasteiger partial charge in [0.2, 0.25) is 0 Å². The Morgan fingerprint density at radius 1 is 0.804 bits per heavy atom. The second-order valence-electron chi connectivity index (χ2n) is 12.3. The molecule has 2 fully saturated rings. The molecular weight excluding hydrogens is 600 g/mol. The van der Waals surface area contributed by atoms with Crippen molar-refractivity contribution in [1.82, 2.24) is 4.90 Å². The van der Waals surface area contributed by atoms with E-state index in [9.17, 15) is 30.6 Å². The van der Waals surface area contributed by atoms with Crippen LogP contribution in [0.1, 0.15) is 38.7 Å². The van der Waals surface area contributed by atoms with Crippen LogP contribution in [-0.4, -0.2) is 143 Å². The fraction of sp³-hybridized carbons (Fsp3) is 0.697. The second-order valence-corrected chi connectivity index (χ2v) is 12.3. The fourth-order valence-corrected chi connectivity index (χ4v) is 5.89. The van der Waals surface area contributed by atoms with E-state index in [1.165, 1.54) is 5.56 Å². The zero-order chi connectivity index (χ0) is 33.2. The zero-order valence-electron chi connectivity index (χ0n) is 26.8. The number of ether oxygens (including phenoxy) is 5. The van der Waals surface area contributed by atoms with Crippen LogP contribution in [0, 0.1) is 0 Å². The number of rotatable bonds is 17. The quantitative estimate of drug-likeness (QED) is 0.112. The molecule has 260 valence electrons. The second kappa shape index (κ2) is 18.0. The molecule has 10 atom stereocenters. The average molecular weight is 653 g/mol. The van der Waals surface area contributed by atoms with Gasteiger partial charge in [0.25, 0.3) is 0 Å². The minimum Gasteiger partial charge on any atom is -0.494 e. The van der Waals surface area contributed by atoms with Crippen LogP contribution in [0.4, 0.5) is 0 Å². The third kappa shape index (κ3) is 10.5. The van der Waals surface area contributed by atoms with Gasteiger partial charge in [0.1, 0.15) is 42.4 Å². The van der Waals surface area contributed by atoms with Gasteiger partial charge in [0, 0.05) is 19.6 Å². The summed E-state index contributed by atoms with van der Waals surface area (Å²) in [6, 6.07) is 12.3. The third-order valence-corrected chi connectivity index (χ3v) is 8.49. The van der Waals surface area contributed by atoms with Gasteiger partial charge >= 0.3 is 0 Å². The largest absolute Gasteiger partial charge is 0.494 e. The highest BCUT2D eigenvalue weighted by Gasteiger charge is 2.40. The molecular formula is C33H52N2O11. The standard InChI is InChI=1S/C33H52N2O11/c1-20-43-18-28(38)32(45-20)30(40)26(36)16-35(17-27(37)31(41)33-29(39)19-44-21(2)46-33)12-5-13-42-25-10-9-23-14-22(6-3-4-11-34)7-8-24(23)15-25/h7-10,14-15,20-21,26-33,36-41H,3-6,11-13,16-19,34H2,1-2H3/t20-,21-,26+,27+,28-,29-,30-,31-,32-,33-/m1/s1. The molecule has 2 heterocycles. The number of nitrogens with two attached hydrogens (primary N) is 1. The van der Waals surface area contributed by atoms with Crippen molar-refractivity contribution in [2.45, 2.75) is 101 Å². The molecule has 0 spiro atoms. The maximum absolute atomic E-state index is 11.0. The van der Waals surface area contributed by atoms with Crippen LogP contribution in [0.2, 0.25) is 0 Å². The first-order valence-electron chi connectivity index (χ1n) is 16.3. The van der Waals surface area contributed by atoms with E-state index < -0.39 is 61.4 Å². The number of unbranched alkanes of at least 4 members (excludes halogenated alkanes) is 1. The highest BCUT2D eigenvalue weighted by atomic mass is 16.7. The Morgan fingerprint density at radius 3 is 1.96 bits per heavy atom. The van der Waals surface area contributed by atoms with Gasteiger partial charge in [-0.05, 0) is 74.5 Å². The van der Waals surface area contributed by atoms with Gasteiger partial charge in [-0.2, -0.15) is 0 Å². The molecule has 0 bridgehead atoms. The summed E-state index contributed by atoms with van der Waals surface area (Å²) < 4.78 is 27.5. The van der Waals surface area contributed by atoms with E-state index in [1.807, 2.05) is 18.2 Å². The summed E-state index contributed by atoms with van der Waals surface area (Å²) in [5.74, 6) is 0.709. The lowest BCUT2D eigenvalue weighted by Crippen LogP contribution is -2.57. The number of benzene rings is 2. The first kappa shape index (κ1) is 36.8. The Hall–Kier alpha value is -1.98. The Bertz CT molecular complexity index is 1150. The Balaban J connectivity index is 1.36. The van der Waals surface area contributed by atoms with Gasteiger partial charge in [-0.15, -0.1) is 0 Å². The molecule has 46 heavy (non-hydrogen) atoms. The van der Waals surface area contributed by atoms with Crippen molar-refractivity contribution < 1.29 is 54.3 Å². The SMILES string of the molecule is C[C@@H]1OC[C@@H](O)[C@H]([C@H](O)[C@@H](O)CN(CCCOc2ccc3cc(CCCCN)ccc3c2)C[C@H](O)[C@@H](O)[C@@H]2O[C@H](C)OC[C@H]2O)O1. The number of aryl methyl sites for hydroxylation is 1. The molecule has 2 aliphatic rings. The number of aliphatic hydroxyl groups is 6. The summed E-state index contributed by atoms with van der Waals surface area (Å²) in [4.78, 5) is 1.68. The van der Waals surface area contributed by atoms with Crippen molar-refractivity contribution in [2.75, 3.05) is 46.0 Å². The van der Waals surface area contributed by atoms with E-state index in [0.717, 1.165) is 30.0 Å². The lowest BCUT2D eigenvalue weighted by molar-refractivity contribution is -0.274. The number of hydrogen-bond acceptors (Lipinski definition) is 13. The molecule has 0 unspecified atom stereocenters. The smallest absolute Gasteiger partial charge is 0.155 e. The fourth-order valence-electron chi connectivity index (χ4n) is 5.89.